The number of benzene rings is 3. The Balaban J connectivity index is 1.24. The van der Waals surface area contributed by atoms with Crippen molar-refractivity contribution in [3.8, 4) is 22.5 Å². The normalized spacial score (nSPS) is 16.4. The Morgan fingerprint density at radius 2 is 1.64 bits per heavy atom. The van der Waals surface area contributed by atoms with Gasteiger partial charge in [-0.25, -0.2) is 0 Å². The van der Waals surface area contributed by atoms with Gasteiger partial charge in [0.2, 0.25) is 17.6 Å². The fourth-order valence-electron chi connectivity index (χ4n) is 4.32. The fraction of sp³-hybridized carbons (Fsp3) is 0.222. The van der Waals surface area contributed by atoms with Gasteiger partial charge >= 0.3 is 0 Å². The predicted octanol–water partition coefficient (Wildman–Crippen LogP) is 5.25. The van der Waals surface area contributed by atoms with Gasteiger partial charge in [0.1, 0.15) is 0 Å². The first kappa shape index (κ1) is 21.1. The third-order valence-corrected chi connectivity index (χ3v) is 6.00. The summed E-state index contributed by atoms with van der Waals surface area (Å²) in [7, 11) is 0. The highest BCUT2D eigenvalue weighted by molar-refractivity contribution is 5.97. The molecule has 2 heterocycles. The molecule has 1 aliphatic heterocycles. The van der Waals surface area contributed by atoms with Crippen molar-refractivity contribution in [2.75, 3.05) is 18.4 Å². The van der Waals surface area contributed by atoms with E-state index in [4.69, 9.17) is 4.52 Å². The van der Waals surface area contributed by atoms with Crippen LogP contribution >= 0.6 is 0 Å². The van der Waals surface area contributed by atoms with Crippen LogP contribution in [0.5, 0.6) is 0 Å². The van der Waals surface area contributed by atoms with Gasteiger partial charge in [-0.1, -0.05) is 84.0 Å². The van der Waals surface area contributed by atoms with Crippen LogP contribution in [-0.4, -0.2) is 34.0 Å². The highest BCUT2D eigenvalue weighted by atomic mass is 16.5. The first-order valence-corrected chi connectivity index (χ1v) is 11.3. The molecule has 1 unspecified atom stereocenters. The molecule has 166 valence electrons. The van der Waals surface area contributed by atoms with Crippen LogP contribution in [-0.2, 0) is 11.3 Å². The number of likely N-dealkylation sites (tertiary alicyclic amines) is 1. The van der Waals surface area contributed by atoms with Crippen molar-refractivity contribution in [1.29, 1.82) is 0 Å². The average molecular weight is 439 g/mol. The number of hydrogen-bond acceptors (Lipinski definition) is 5. The lowest BCUT2D eigenvalue weighted by atomic mass is 9.96. The zero-order valence-electron chi connectivity index (χ0n) is 18.4. The Bertz CT molecular complexity index is 1210. The van der Waals surface area contributed by atoms with E-state index in [-0.39, 0.29) is 11.8 Å². The van der Waals surface area contributed by atoms with Gasteiger partial charge in [0.15, 0.2) is 0 Å². The molecular formula is C27H26N4O2. The lowest BCUT2D eigenvalue weighted by Gasteiger charge is -2.31. The van der Waals surface area contributed by atoms with E-state index in [1.807, 2.05) is 72.8 Å². The van der Waals surface area contributed by atoms with Crippen LogP contribution in [0.1, 0.15) is 18.7 Å². The molecule has 1 aromatic heterocycles. The average Bonchev–Trinajstić information content (AvgIpc) is 3.34. The summed E-state index contributed by atoms with van der Waals surface area (Å²) in [4.78, 5) is 19.9. The summed E-state index contributed by atoms with van der Waals surface area (Å²) in [5, 5.41) is 7.28. The van der Waals surface area contributed by atoms with Gasteiger partial charge in [-0.2, -0.15) is 4.98 Å². The molecule has 5 rings (SSSR count). The minimum atomic E-state index is -0.0842. The molecule has 0 aliphatic carbocycles. The molecule has 0 spiro atoms. The maximum absolute atomic E-state index is 13.1. The van der Waals surface area contributed by atoms with Gasteiger partial charge in [0.05, 0.1) is 12.5 Å². The quantitative estimate of drug-likeness (QED) is 0.445. The summed E-state index contributed by atoms with van der Waals surface area (Å²) in [6, 6.07) is 27.9. The number of anilines is 1. The van der Waals surface area contributed by atoms with Crippen molar-refractivity contribution in [1.82, 2.24) is 15.0 Å². The minimum absolute atomic E-state index is 0.0542. The van der Waals surface area contributed by atoms with Gasteiger partial charge < -0.3 is 9.84 Å². The van der Waals surface area contributed by atoms with Gasteiger partial charge in [-0.05, 0) is 31.0 Å². The van der Waals surface area contributed by atoms with Gasteiger partial charge in [-0.15, -0.1) is 0 Å². The molecular weight excluding hydrogens is 412 g/mol. The number of nitrogens with one attached hydrogen (secondary N) is 1. The van der Waals surface area contributed by atoms with Crippen LogP contribution < -0.4 is 5.32 Å². The predicted molar refractivity (Wildman–Crippen MR) is 128 cm³/mol. The molecule has 4 aromatic rings. The molecule has 33 heavy (non-hydrogen) atoms. The number of rotatable bonds is 6. The van der Waals surface area contributed by atoms with Crippen LogP contribution in [0.4, 0.5) is 5.69 Å². The third-order valence-electron chi connectivity index (χ3n) is 6.00. The first-order valence-electron chi connectivity index (χ1n) is 11.3. The molecule has 1 amide bonds. The number of aromatic nitrogens is 2. The second kappa shape index (κ2) is 9.79. The molecule has 1 fully saturated rings. The van der Waals surface area contributed by atoms with Crippen LogP contribution in [0.2, 0.25) is 0 Å². The highest BCUT2D eigenvalue weighted by Crippen LogP contribution is 2.29. The van der Waals surface area contributed by atoms with E-state index in [0.29, 0.717) is 24.8 Å². The number of piperidine rings is 1. The van der Waals surface area contributed by atoms with Gasteiger partial charge in [0, 0.05) is 23.4 Å². The molecule has 0 radical (unpaired) electrons. The van der Waals surface area contributed by atoms with E-state index < -0.39 is 0 Å². The summed E-state index contributed by atoms with van der Waals surface area (Å²) in [5.41, 5.74) is 3.89. The van der Waals surface area contributed by atoms with Gasteiger partial charge in [-0.3, -0.25) is 9.69 Å². The zero-order chi connectivity index (χ0) is 22.5. The molecule has 6 heteroatoms. The maximum atomic E-state index is 13.1. The summed E-state index contributed by atoms with van der Waals surface area (Å²) in [6.07, 6.45) is 1.83. The number of hydrogen-bond donors (Lipinski definition) is 1. The van der Waals surface area contributed by atoms with E-state index in [1.54, 1.807) is 0 Å². The topological polar surface area (TPSA) is 71.3 Å². The molecule has 1 aliphatic rings. The smallest absolute Gasteiger partial charge is 0.241 e. The largest absolute Gasteiger partial charge is 0.338 e. The second-order valence-electron chi connectivity index (χ2n) is 8.35. The Morgan fingerprint density at radius 3 is 2.42 bits per heavy atom. The summed E-state index contributed by atoms with van der Waals surface area (Å²) in [5.74, 6) is 1.14. The molecule has 1 saturated heterocycles. The fourth-order valence-corrected chi connectivity index (χ4v) is 4.32. The van der Waals surface area contributed by atoms with Crippen molar-refractivity contribution in [2.24, 2.45) is 5.92 Å². The molecule has 3 aromatic carbocycles. The third kappa shape index (κ3) is 5.02. The van der Waals surface area contributed by atoms with Crippen molar-refractivity contribution in [3.63, 3.8) is 0 Å². The summed E-state index contributed by atoms with van der Waals surface area (Å²) >= 11 is 0. The molecule has 1 atom stereocenters. The van der Waals surface area contributed by atoms with E-state index in [1.165, 1.54) is 0 Å². The van der Waals surface area contributed by atoms with Crippen molar-refractivity contribution in [3.05, 3.63) is 90.8 Å². The van der Waals surface area contributed by atoms with E-state index in [0.717, 1.165) is 41.8 Å². The summed E-state index contributed by atoms with van der Waals surface area (Å²) < 4.78 is 5.47. The Kier molecular flexibility index (Phi) is 6.26. The standard InChI is InChI=1S/C27H26N4O2/c32-27(28-24-16-8-7-15-23(24)20-10-3-1-4-11-20)22-14-9-17-31(18-22)19-25-29-26(30-33-25)21-12-5-2-6-13-21/h1-8,10-13,15-16,22H,9,14,17-19H2,(H,28,32). The Hall–Kier alpha value is -3.77. The number of nitrogens with zero attached hydrogens (tertiary/aromatic N) is 3. The number of carbonyl (C=O) groups is 1. The second-order valence-corrected chi connectivity index (χ2v) is 8.35. The highest BCUT2D eigenvalue weighted by Gasteiger charge is 2.27. The molecule has 1 N–H and O–H groups in total. The van der Waals surface area contributed by atoms with E-state index in [9.17, 15) is 4.79 Å². The monoisotopic (exact) mass is 438 g/mol. The molecule has 0 bridgehead atoms. The summed E-state index contributed by atoms with van der Waals surface area (Å²) in [6.45, 7) is 2.13. The zero-order valence-corrected chi connectivity index (χ0v) is 18.4. The first-order chi connectivity index (χ1) is 16.3. The lowest BCUT2D eigenvalue weighted by Crippen LogP contribution is -2.40. The Morgan fingerprint density at radius 1 is 0.939 bits per heavy atom. The maximum Gasteiger partial charge on any atom is 0.241 e. The van der Waals surface area contributed by atoms with Crippen LogP contribution in [0.25, 0.3) is 22.5 Å². The minimum Gasteiger partial charge on any atom is -0.338 e. The van der Waals surface area contributed by atoms with Crippen molar-refractivity contribution in [2.45, 2.75) is 19.4 Å². The van der Waals surface area contributed by atoms with Crippen molar-refractivity contribution < 1.29 is 9.32 Å². The number of para-hydroxylation sites is 1. The number of carbonyl (C=O) groups excluding carboxylic acids is 1. The van der Waals surface area contributed by atoms with Crippen LogP contribution in [0, 0.1) is 5.92 Å². The van der Waals surface area contributed by atoms with Crippen molar-refractivity contribution >= 4 is 11.6 Å². The number of amides is 1. The Labute approximate surface area is 193 Å². The van der Waals surface area contributed by atoms with E-state index in [2.05, 4.69) is 32.5 Å². The molecule has 6 nitrogen and oxygen atoms in total. The SMILES string of the molecule is O=C(Nc1ccccc1-c1ccccc1)C1CCCN(Cc2nc(-c3ccccc3)no2)C1. The van der Waals surface area contributed by atoms with Gasteiger partial charge in [0.25, 0.3) is 0 Å². The van der Waals surface area contributed by atoms with Crippen LogP contribution in [0.3, 0.4) is 0 Å². The van der Waals surface area contributed by atoms with E-state index >= 15 is 0 Å². The van der Waals surface area contributed by atoms with Crippen LogP contribution in [0.15, 0.2) is 89.5 Å². The lowest BCUT2D eigenvalue weighted by molar-refractivity contribution is -0.121. The molecule has 0 saturated carbocycles.